The topological polar surface area (TPSA) is 63.5 Å². The minimum atomic E-state index is -0.417. The Balaban J connectivity index is 2.43. The summed E-state index contributed by atoms with van der Waals surface area (Å²) in [5.74, 6) is 0.172. The molecular formula is C12H13BrN2O3. The Kier molecular flexibility index (Phi) is 3.65. The maximum Gasteiger partial charge on any atom is 0.295 e. The van der Waals surface area contributed by atoms with Crippen LogP contribution in [0.1, 0.15) is 12.0 Å². The molecule has 1 aliphatic rings. The number of carbonyl (C=O) groups excluding carboxylic acids is 1. The fourth-order valence-electron chi connectivity index (χ4n) is 2.22. The van der Waals surface area contributed by atoms with E-state index in [4.69, 9.17) is 0 Å². The van der Waals surface area contributed by atoms with Gasteiger partial charge >= 0.3 is 0 Å². The molecule has 5 nitrogen and oxygen atoms in total. The number of para-hydroxylation sites is 1. The number of alkyl halides is 1. The zero-order valence-corrected chi connectivity index (χ0v) is 11.5. The molecule has 1 atom stereocenters. The number of benzene rings is 1. The second-order valence-electron chi connectivity index (χ2n) is 4.43. The lowest BCUT2D eigenvalue weighted by atomic mass is 10.1. The molecule has 0 saturated carbocycles. The van der Waals surface area contributed by atoms with Crippen LogP contribution in [0.5, 0.6) is 0 Å². The number of anilines is 1. The van der Waals surface area contributed by atoms with E-state index in [-0.39, 0.29) is 17.5 Å². The van der Waals surface area contributed by atoms with Gasteiger partial charge in [-0.3, -0.25) is 14.9 Å². The molecule has 0 radical (unpaired) electrons. The lowest BCUT2D eigenvalue weighted by Gasteiger charge is -2.17. The fourth-order valence-corrected chi connectivity index (χ4v) is 2.65. The lowest BCUT2D eigenvalue weighted by Crippen LogP contribution is -2.25. The van der Waals surface area contributed by atoms with Gasteiger partial charge in [-0.2, -0.15) is 0 Å². The Bertz CT molecular complexity index is 504. The molecule has 1 aromatic carbocycles. The first kappa shape index (κ1) is 13.0. The number of nitro groups is 1. The van der Waals surface area contributed by atoms with E-state index >= 15 is 0 Å². The van der Waals surface area contributed by atoms with Crippen LogP contribution in [-0.2, 0) is 4.79 Å². The van der Waals surface area contributed by atoms with E-state index < -0.39 is 4.92 Å². The van der Waals surface area contributed by atoms with Crippen LogP contribution in [0.25, 0.3) is 0 Å². The summed E-state index contributed by atoms with van der Waals surface area (Å²) in [5.41, 5.74) is 1.02. The third-order valence-corrected chi connectivity index (χ3v) is 4.03. The highest BCUT2D eigenvalue weighted by Crippen LogP contribution is 2.35. The van der Waals surface area contributed by atoms with Crippen molar-refractivity contribution in [2.24, 2.45) is 5.92 Å². The van der Waals surface area contributed by atoms with Crippen LogP contribution in [0.15, 0.2) is 18.2 Å². The minimum absolute atomic E-state index is 0.0288. The summed E-state index contributed by atoms with van der Waals surface area (Å²) in [6.07, 6.45) is 0.441. The van der Waals surface area contributed by atoms with Crippen LogP contribution in [0.2, 0.25) is 0 Å². The summed E-state index contributed by atoms with van der Waals surface area (Å²) >= 11 is 3.35. The summed E-state index contributed by atoms with van der Waals surface area (Å²) < 4.78 is 0. The number of hydrogen-bond acceptors (Lipinski definition) is 3. The van der Waals surface area contributed by atoms with Gasteiger partial charge in [-0.05, 0) is 18.9 Å². The number of nitrogens with zero attached hydrogens (tertiary/aromatic N) is 2. The third-order valence-electron chi connectivity index (χ3n) is 3.11. The molecule has 0 bridgehead atoms. The molecule has 1 unspecified atom stereocenters. The smallest absolute Gasteiger partial charge is 0.295 e. The molecule has 96 valence electrons. The number of aryl methyl sites for hydroxylation is 1. The van der Waals surface area contributed by atoms with Crippen molar-refractivity contribution < 1.29 is 9.72 Å². The van der Waals surface area contributed by atoms with Crippen molar-refractivity contribution in [3.8, 4) is 0 Å². The average Bonchev–Trinajstić information content (AvgIpc) is 2.69. The number of halogens is 1. The average molecular weight is 313 g/mol. The highest BCUT2D eigenvalue weighted by Gasteiger charge is 2.34. The molecule has 6 heteroatoms. The molecule has 0 aromatic heterocycles. The maximum absolute atomic E-state index is 11.9. The van der Waals surface area contributed by atoms with Gasteiger partial charge in [-0.25, -0.2) is 0 Å². The lowest BCUT2D eigenvalue weighted by molar-refractivity contribution is -0.384. The van der Waals surface area contributed by atoms with E-state index in [1.807, 2.05) is 0 Å². The molecule has 18 heavy (non-hydrogen) atoms. The zero-order chi connectivity index (χ0) is 13.3. The van der Waals surface area contributed by atoms with Crippen molar-refractivity contribution in [3.63, 3.8) is 0 Å². The van der Waals surface area contributed by atoms with Crippen molar-refractivity contribution in [1.29, 1.82) is 0 Å². The summed E-state index contributed by atoms with van der Waals surface area (Å²) in [7, 11) is 0. The number of carbonyl (C=O) groups is 1. The van der Waals surface area contributed by atoms with Crippen molar-refractivity contribution in [2.45, 2.75) is 13.3 Å². The Labute approximate surface area is 113 Å². The summed E-state index contributed by atoms with van der Waals surface area (Å²) in [6.45, 7) is 2.22. The molecule has 2 rings (SSSR count). The van der Waals surface area contributed by atoms with Crippen LogP contribution < -0.4 is 4.90 Å². The van der Waals surface area contributed by atoms with Crippen molar-refractivity contribution in [3.05, 3.63) is 33.9 Å². The number of amides is 1. The van der Waals surface area contributed by atoms with Crippen LogP contribution in [0, 0.1) is 23.0 Å². The highest BCUT2D eigenvalue weighted by molar-refractivity contribution is 9.09. The summed E-state index contributed by atoms with van der Waals surface area (Å²) in [5, 5.41) is 11.8. The van der Waals surface area contributed by atoms with Gasteiger partial charge in [0.05, 0.1) is 4.92 Å². The normalized spacial score (nSPS) is 19.3. The summed E-state index contributed by atoms with van der Waals surface area (Å²) in [4.78, 5) is 24.1. The fraction of sp³-hybridized carbons (Fsp3) is 0.417. The van der Waals surface area contributed by atoms with Gasteiger partial charge in [0, 0.05) is 23.9 Å². The maximum atomic E-state index is 11.9. The zero-order valence-electron chi connectivity index (χ0n) is 9.93. The van der Waals surface area contributed by atoms with Crippen LogP contribution in [0.4, 0.5) is 11.4 Å². The monoisotopic (exact) mass is 312 g/mol. The first-order valence-corrected chi connectivity index (χ1v) is 6.77. The molecule has 1 heterocycles. The second kappa shape index (κ2) is 5.06. The Morgan fingerprint density at radius 3 is 2.83 bits per heavy atom. The molecular weight excluding hydrogens is 300 g/mol. The molecule has 1 fully saturated rings. The van der Waals surface area contributed by atoms with Crippen molar-refractivity contribution in [2.75, 3.05) is 16.8 Å². The Morgan fingerprint density at radius 1 is 1.56 bits per heavy atom. The van der Waals surface area contributed by atoms with Crippen molar-refractivity contribution >= 4 is 33.2 Å². The van der Waals surface area contributed by atoms with Gasteiger partial charge < -0.3 is 4.90 Å². The number of rotatable bonds is 3. The molecule has 1 aromatic rings. The first-order chi connectivity index (χ1) is 8.54. The van der Waals surface area contributed by atoms with E-state index in [1.165, 1.54) is 4.90 Å². The van der Waals surface area contributed by atoms with Gasteiger partial charge in [0.2, 0.25) is 5.91 Å². The molecule has 1 saturated heterocycles. The summed E-state index contributed by atoms with van der Waals surface area (Å²) in [6, 6.07) is 5.07. The van der Waals surface area contributed by atoms with Crippen LogP contribution >= 0.6 is 15.9 Å². The van der Waals surface area contributed by atoms with Crippen LogP contribution in [-0.4, -0.2) is 22.7 Å². The van der Waals surface area contributed by atoms with Gasteiger partial charge in [-0.1, -0.05) is 28.1 Å². The SMILES string of the molecule is Cc1cccc(N2CC(CBr)CC2=O)c1[N+](=O)[O-]. The Morgan fingerprint density at radius 2 is 2.28 bits per heavy atom. The van der Waals surface area contributed by atoms with E-state index in [1.54, 1.807) is 25.1 Å². The predicted octanol–water partition coefficient (Wildman–Crippen LogP) is 2.65. The van der Waals surface area contributed by atoms with E-state index in [0.29, 0.717) is 24.2 Å². The molecule has 0 N–H and O–H groups in total. The molecule has 1 aliphatic heterocycles. The Hall–Kier alpha value is -1.43. The van der Waals surface area contributed by atoms with Gasteiger partial charge in [0.15, 0.2) is 0 Å². The van der Waals surface area contributed by atoms with E-state index in [9.17, 15) is 14.9 Å². The predicted molar refractivity (Wildman–Crippen MR) is 72.1 cm³/mol. The largest absolute Gasteiger partial charge is 0.306 e. The number of nitro benzene ring substituents is 1. The van der Waals surface area contributed by atoms with Gasteiger partial charge in [0.1, 0.15) is 5.69 Å². The molecule has 1 amide bonds. The molecule has 0 aliphatic carbocycles. The van der Waals surface area contributed by atoms with Gasteiger partial charge in [-0.15, -0.1) is 0 Å². The second-order valence-corrected chi connectivity index (χ2v) is 5.08. The van der Waals surface area contributed by atoms with Crippen LogP contribution in [0.3, 0.4) is 0 Å². The molecule has 0 spiro atoms. The minimum Gasteiger partial charge on any atom is -0.306 e. The van der Waals surface area contributed by atoms with Crippen molar-refractivity contribution in [1.82, 2.24) is 0 Å². The van der Waals surface area contributed by atoms with Gasteiger partial charge in [0.25, 0.3) is 5.69 Å². The number of hydrogen-bond donors (Lipinski definition) is 0. The van der Waals surface area contributed by atoms with E-state index in [2.05, 4.69) is 15.9 Å². The first-order valence-electron chi connectivity index (χ1n) is 5.65. The quantitative estimate of drug-likeness (QED) is 0.489. The highest BCUT2D eigenvalue weighted by atomic mass is 79.9. The standard InChI is InChI=1S/C12H13BrN2O3/c1-8-3-2-4-10(12(8)15(17)18)14-7-9(6-13)5-11(14)16/h2-4,9H,5-7H2,1H3. The third kappa shape index (κ3) is 2.25. The van der Waals surface area contributed by atoms with E-state index in [0.717, 1.165) is 5.33 Å².